The molecule has 60 heavy (non-hydrogen) atoms. The monoisotopic (exact) mass is 795 g/mol. The fraction of sp³-hybridized carbons (Fsp3) is 0.474. The first kappa shape index (κ1) is 41.1. The Kier molecular flexibility index (Phi) is 8.54. The normalized spacial score (nSPS) is 19.1. The Morgan fingerprint density at radius 3 is 1.42 bits per heavy atom. The van der Waals surface area contributed by atoms with E-state index < -0.39 is 0 Å². The Morgan fingerprint density at radius 2 is 0.883 bits per heavy atom. The molecule has 0 unspecified atom stereocenters. The Labute approximate surface area is 364 Å². The molecular formula is C57H71BN2. The zero-order valence-corrected chi connectivity index (χ0v) is 40.4. The molecule has 5 aromatic carbocycles. The molecule has 0 atom stereocenters. The summed E-state index contributed by atoms with van der Waals surface area (Å²) in [5.74, 6) is 0. The van der Waals surface area contributed by atoms with Crippen LogP contribution in [0.4, 0.5) is 34.1 Å². The van der Waals surface area contributed by atoms with Gasteiger partial charge in [-0.15, -0.1) is 0 Å². The highest BCUT2D eigenvalue weighted by Crippen LogP contribution is 2.55. The Hall–Kier alpha value is -4.24. The first-order valence-corrected chi connectivity index (χ1v) is 22.9. The van der Waals surface area contributed by atoms with Crippen molar-refractivity contribution in [2.24, 2.45) is 0 Å². The lowest BCUT2D eigenvalue weighted by molar-refractivity contribution is 0.403. The molecule has 0 aromatic heterocycles. The van der Waals surface area contributed by atoms with Gasteiger partial charge in [-0.1, -0.05) is 148 Å². The number of aryl methyl sites for hydroxylation is 1. The van der Waals surface area contributed by atoms with Crippen molar-refractivity contribution < 1.29 is 0 Å². The standard InChI is InChI=1S/C57H71BN2/c1-34-23-48-50-49(24-34)60(39-26-36(52(5,6)7)25-37(27-39)53(8,9)10)46-28-35(51(2,3)4)19-22-44(46)58(50)45-30-42-43(57(17,18)33-56(42,15)16)31-47(45)59(48)38-20-21-40-41(29-38)55(13,14)32-54(40,11)12/h19-31H,32-33H2,1-18H3. The van der Waals surface area contributed by atoms with Gasteiger partial charge in [-0.3, -0.25) is 0 Å². The molecule has 2 aliphatic heterocycles. The highest BCUT2D eigenvalue weighted by molar-refractivity contribution is 7.00. The molecule has 2 heterocycles. The van der Waals surface area contributed by atoms with Crippen molar-refractivity contribution >= 4 is 57.2 Å². The van der Waals surface area contributed by atoms with Gasteiger partial charge < -0.3 is 9.80 Å². The summed E-state index contributed by atoms with van der Waals surface area (Å²) in [5.41, 5.74) is 23.8. The molecule has 0 fully saturated rings. The molecule has 4 aliphatic rings. The molecule has 0 amide bonds. The van der Waals surface area contributed by atoms with Crippen LogP contribution in [0.2, 0.25) is 0 Å². The average Bonchev–Trinajstić information content (AvgIpc) is 3.42. The molecule has 0 N–H and O–H groups in total. The number of fused-ring (bicyclic) bond motifs is 6. The number of anilines is 6. The molecule has 0 saturated carbocycles. The number of hydrogen-bond donors (Lipinski definition) is 0. The van der Waals surface area contributed by atoms with Gasteiger partial charge in [0.1, 0.15) is 0 Å². The number of benzene rings is 5. The lowest BCUT2D eigenvalue weighted by atomic mass is 9.33. The van der Waals surface area contributed by atoms with Crippen LogP contribution in [0.15, 0.2) is 78.9 Å². The third-order valence-corrected chi connectivity index (χ3v) is 15.1. The van der Waals surface area contributed by atoms with Crippen molar-refractivity contribution in [1.29, 1.82) is 0 Å². The minimum absolute atomic E-state index is 0.00379. The van der Waals surface area contributed by atoms with Crippen molar-refractivity contribution in [3.05, 3.63) is 123 Å². The second-order valence-corrected chi connectivity index (χ2v) is 25.2. The topological polar surface area (TPSA) is 6.48 Å². The van der Waals surface area contributed by atoms with Crippen LogP contribution in [-0.2, 0) is 37.9 Å². The highest BCUT2D eigenvalue weighted by atomic mass is 15.2. The SMILES string of the molecule is Cc1cc2c3c(c1)N(c1ccc4c(c1)C(C)(C)CC4(C)C)c1cc4c(cc1B3c1ccc(C(C)(C)C)cc1N2c1cc(C(C)(C)C)cc(C(C)(C)C)c1)C(C)(C)CC4(C)C. The van der Waals surface area contributed by atoms with E-state index in [1.165, 1.54) is 95.0 Å². The van der Waals surface area contributed by atoms with Crippen molar-refractivity contribution in [1.82, 2.24) is 0 Å². The van der Waals surface area contributed by atoms with E-state index in [1.54, 1.807) is 0 Å². The van der Waals surface area contributed by atoms with E-state index in [1.807, 2.05) is 0 Å². The zero-order chi connectivity index (χ0) is 43.7. The lowest BCUT2D eigenvalue weighted by Crippen LogP contribution is -2.61. The first-order valence-electron chi connectivity index (χ1n) is 22.9. The van der Waals surface area contributed by atoms with Crippen molar-refractivity contribution in [2.75, 3.05) is 9.80 Å². The maximum absolute atomic E-state index is 2.68. The van der Waals surface area contributed by atoms with Gasteiger partial charge in [0.25, 0.3) is 6.71 Å². The molecule has 5 aromatic rings. The summed E-state index contributed by atoms with van der Waals surface area (Å²) in [6, 6.07) is 32.7. The van der Waals surface area contributed by atoms with Crippen LogP contribution in [0.1, 0.15) is 175 Å². The fourth-order valence-electron chi connectivity index (χ4n) is 12.3. The van der Waals surface area contributed by atoms with E-state index in [4.69, 9.17) is 0 Å². The number of nitrogens with zero attached hydrogens (tertiary/aromatic N) is 2. The predicted octanol–water partition coefficient (Wildman–Crippen LogP) is 13.9. The van der Waals surface area contributed by atoms with Crippen molar-refractivity contribution in [3.63, 3.8) is 0 Å². The molecule has 2 nitrogen and oxygen atoms in total. The maximum atomic E-state index is 2.68. The van der Waals surface area contributed by atoms with Gasteiger partial charge in [0.05, 0.1) is 0 Å². The smallest absolute Gasteiger partial charge is 0.252 e. The summed E-state index contributed by atoms with van der Waals surface area (Å²) in [4.78, 5) is 5.34. The predicted molar refractivity (Wildman–Crippen MR) is 263 cm³/mol. The summed E-state index contributed by atoms with van der Waals surface area (Å²) < 4.78 is 0. The van der Waals surface area contributed by atoms with Gasteiger partial charge in [-0.05, 0) is 167 Å². The van der Waals surface area contributed by atoms with E-state index in [9.17, 15) is 0 Å². The van der Waals surface area contributed by atoms with E-state index in [2.05, 4.69) is 213 Å². The van der Waals surface area contributed by atoms with Crippen LogP contribution in [0.25, 0.3) is 0 Å². The van der Waals surface area contributed by atoms with Crippen LogP contribution in [0.3, 0.4) is 0 Å². The quantitative estimate of drug-likeness (QED) is 0.161. The van der Waals surface area contributed by atoms with E-state index >= 15 is 0 Å². The van der Waals surface area contributed by atoms with Gasteiger partial charge in [-0.2, -0.15) is 0 Å². The van der Waals surface area contributed by atoms with Crippen LogP contribution >= 0.6 is 0 Å². The second-order valence-electron chi connectivity index (χ2n) is 25.2. The molecule has 0 spiro atoms. The van der Waals surface area contributed by atoms with E-state index in [0.717, 1.165) is 12.8 Å². The Balaban J connectivity index is 1.42. The fourth-order valence-corrected chi connectivity index (χ4v) is 12.3. The second kappa shape index (κ2) is 12.4. The lowest BCUT2D eigenvalue weighted by Gasteiger charge is -2.45. The van der Waals surface area contributed by atoms with Crippen molar-refractivity contribution in [2.45, 2.75) is 175 Å². The van der Waals surface area contributed by atoms with Gasteiger partial charge in [0.15, 0.2) is 0 Å². The third-order valence-electron chi connectivity index (χ3n) is 15.1. The summed E-state index contributed by atoms with van der Waals surface area (Å²) in [5, 5.41) is 0. The molecule has 3 heteroatoms. The largest absolute Gasteiger partial charge is 0.311 e. The average molecular weight is 795 g/mol. The van der Waals surface area contributed by atoms with Gasteiger partial charge >= 0.3 is 0 Å². The van der Waals surface area contributed by atoms with Crippen molar-refractivity contribution in [3.8, 4) is 0 Å². The van der Waals surface area contributed by atoms with Crippen LogP contribution < -0.4 is 26.2 Å². The van der Waals surface area contributed by atoms with E-state index in [-0.39, 0.29) is 44.6 Å². The summed E-state index contributed by atoms with van der Waals surface area (Å²) in [6.07, 6.45) is 2.29. The molecule has 312 valence electrons. The molecule has 0 radical (unpaired) electrons. The van der Waals surface area contributed by atoms with Gasteiger partial charge in [-0.25, -0.2) is 0 Å². The maximum Gasteiger partial charge on any atom is 0.252 e. The Morgan fingerprint density at radius 1 is 0.417 bits per heavy atom. The minimum atomic E-state index is -0.0109. The molecular weight excluding hydrogens is 723 g/mol. The van der Waals surface area contributed by atoms with Gasteiger partial charge in [0, 0.05) is 34.1 Å². The first-order chi connectivity index (χ1) is 27.5. The number of rotatable bonds is 2. The van der Waals surface area contributed by atoms with Crippen LogP contribution in [-0.4, -0.2) is 6.71 Å². The zero-order valence-electron chi connectivity index (χ0n) is 40.4. The summed E-state index contributed by atoms with van der Waals surface area (Å²) in [7, 11) is 0. The van der Waals surface area contributed by atoms with Crippen LogP contribution in [0, 0.1) is 6.92 Å². The molecule has 0 bridgehead atoms. The number of hydrogen-bond acceptors (Lipinski definition) is 2. The molecule has 0 saturated heterocycles. The molecule has 9 rings (SSSR count). The minimum Gasteiger partial charge on any atom is -0.311 e. The van der Waals surface area contributed by atoms with Crippen LogP contribution in [0.5, 0.6) is 0 Å². The summed E-state index contributed by atoms with van der Waals surface area (Å²) in [6.45, 7) is 43.3. The van der Waals surface area contributed by atoms with E-state index in [0.29, 0.717) is 0 Å². The highest BCUT2D eigenvalue weighted by Gasteiger charge is 2.49. The Bertz CT molecular complexity index is 2600. The van der Waals surface area contributed by atoms with Gasteiger partial charge in [0.2, 0.25) is 0 Å². The third kappa shape index (κ3) is 6.17. The molecule has 2 aliphatic carbocycles. The summed E-state index contributed by atoms with van der Waals surface area (Å²) >= 11 is 0.